The lowest BCUT2D eigenvalue weighted by Gasteiger charge is -1.98. The number of hydrogen-bond donors (Lipinski definition) is 1. The summed E-state index contributed by atoms with van der Waals surface area (Å²) in [5.41, 5.74) is 6.63. The Balaban J connectivity index is 2.30. The molecule has 0 unspecified atom stereocenters. The van der Waals surface area contributed by atoms with Crippen LogP contribution in [0.1, 0.15) is 32.6 Å². The highest BCUT2D eigenvalue weighted by Crippen LogP contribution is 2.33. The van der Waals surface area contributed by atoms with Gasteiger partial charge in [-0.2, -0.15) is 0 Å². The quantitative estimate of drug-likeness (QED) is 0.645. The van der Waals surface area contributed by atoms with E-state index >= 15 is 0 Å². The lowest BCUT2D eigenvalue weighted by atomic mass is 10.2. The highest BCUT2D eigenvalue weighted by molar-refractivity contribution is 5.82. The van der Waals surface area contributed by atoms with Crippen molar-refractivity contribution in [2.45, 2.75) is 32.6 Å². The number of aliphatic imine (C=N–C) groups is 2. The van der Waals surface area contributed by atoms with E-state index in [1.165, 1.54) is 25.5 Å². The Hall–Kier alpha value is -1.12. The Labute approximate surface area is 79.5 Å². The first-order valence-corrected chi connectivity index (χ1v) is 4.68. The first-order valence-electron chi connectivity index (χ1n) is 4.68. The van der Waals surface area contributed by atoms with Crippen LogP contribution in [-0.4, -0.2) is 12.4 Å². The molecule has 0 aromatic heterocycles. The molecule has 0 aromatic rings. The van der Waals surface area contributed by atoms with Gasteiger partial charge in [0.1, 0.15) is 5.82 Å². The highest BCUT2D eigenvalue weighted by Gasteiger charge is 2.20. The van der Waals surface area contributed by atoms with Crippen LogP contribution in [0.4, 0.5) is 0 Å². The molecule has 0 saturated heterocycles. The summed E-state index contributed by atoms with van der Waals surface area (Å²) >= 11 is 0. The van der Waals surface area contributed by atoms with Gasteiger partial charge in [0.2, 0.25) is 0 Å². The number of nitrogens with two attached hydrogens (primary N) is 1. The maximum Gasteiger partial charge on any atom is 0.141 e. The van der Waals surface area contributed by atoms with Crippen LogP contribution in [0.3, 0.4) is 0 Å². The average molecular weight is 179 g/mol. The molecule has 3 nitrogen and oxygen atoms in total. The summed E-state index contributed by atoms with van der Waals surface area (Å²) < 4.78 is 0. The first-order chi connectivity index (χ1) is 6.22. The fraction of sp³-hybridized carbons (Fsp3) is 0.600. The van der Waals surface area contributed by atoms with Crippen LogP contribution in [0.15, 0.2) is 22.0 Å². The molecule has 0 amide bonds. The van der Waals surface area contributed by atoms with E-state index in [1.807, 2.05) is 6.92 Å². The van der Waals surface area contributed by atoms with Gasteiger partial charge in [-0.25, -0.2) is 4.99 Å². The van der Waals surface area contributed by atoms with E-state index in [9.17, 15) is 0 Å². The molecule has 0 aromatic carbocycles. The molecule has 0 aliphatic heterocycles. The Morgan fingerprint density at radius 1 is 1.62 bits per heavy atom. The minimum absolute atomic E-state index is 0.447. The van der Waals surface area contributed by atoms with Gasteiger partial charge in [0, 0.05) is 5.71 Å². The third kappa shape index (κ3) is 4.45. The molecule has 1 fully saturated rings. The zero-order valence-electron chi connectivity index (χ0n) is 8.16. The molecule has 1 aliphatic rings. The van der Waals surface area contributed by atoms with E-state index < -0.39 is 0 Å². The summed E-state index contributed by atoms with van der Waals surface area (Å²) in [6.07, 6.45) is 6.57. The van der Waals surface area contributed by atoms with Crippen LogP contribution in [0.5, 0.6) is 0 Å². The van der Waals surface area contributed by atoms with Gasteiger partial charge in [0.25, 0.3) is 0 Å². The topological polar surface area (TPSA) is 50.7 Å². The van der Waals surface area contributed by atoms with Crippen LogP contribution in [-0.2, 0) is 0 Å². The summed E-state index contributed by atoms with van der Waals surface area (Å²) in [6, 6.07) is 0. The summed E-state index contributed by atoms with van der Waals surface area (Å²) in [7, 11) is 0. The van der Waals surface area contributed by atoms with Gasteiger partial charge < -0.3 is 5.73 Å². The van der Waals surface area contributed by atoms with E-state index in [1.54, 1.807) is 0 Å². The van der Waals surface area contributed by atoms with Crippen LogP contribution in [0.25, 0.3) is 0 Å². The molecule has 0 radical (unpaired) electrons. The molecule has 0 atom stereocenters. The molecular formula is C10H17N3. The average Bonchev–Trinajstić information content (AvgIpc) is 2.84. The number of hydrogen-bond acceptors (Lipinski definition) is 3. The minimum Gasteiger partial charge on any atom is -0.382 e. The van der Waals surface area contributed by atoms with Crippen LogP contribution >= 0.6 is 0 Å². The van der Waals surface area contributed by atoms with Crippen molar-refractivity contribution in [1.82, 2.24) is 0 Å². The SMILES string of the molecule is C=N/C=C(/N)N=C(C)CCC1CC1. The molecule has 1 saturated carbocycles. The predicted molar refractivity (Wildman–Crippen MR) is 56.9 cm³/mol. The second-order valence-electron chi connectivity index (χ2n) is 3.57. The van der Waals surface area contributed by atoms with Crippen LogP contribution in [0, 0.1) is 5.92 Å². The molecule has 1 rings (SSSR count). The van der Waals surface area contributed by atoms with E-state index in [0.29, 0.717) is 5.82 Å². The number of rotatable bonds is 5. The molecular weight excluding hydrogens is 162 g/mol. The zero-order valence-corrected chi connectivity index (χ0v) is 8.16. The van der Waals surface area contributed by atoms with Gasteiger partial charge in [0.15, 0.2) is 0 Å². The Kier molecular flexibility index (Phi) is 3.68. The molecule has 0 spiro atoms. The smallest absolute Gasteiger partial charge is 0.141 e. The van der Waals surface area contributed by atoms with Crippen molar-refractivity contribution in [2.75, 3.05) is 0 Å². The van der Waals surface area contributed by atoms with Gasteiger partial charge in [-0.05, 0) is 32.4 Å². The normalized spacial score (nSPS) is 18.8. The molecule has 72 valence electrons. The molecule has 3 heteroatoms. The zero-order chi connectivity index (χ0) is 9.68. The molecule has 1 aliphatic carbocycles. The van der Waals surface area contributed by atoms with E-state index in [2.05, 4.69) is 16.7 Å². The summed E-state index contributed by atoms with van der Waals surface area (Å²) in [6.45, 7) is 5.32. The third-order valence-electron chi connectivity index (χ3n) is 2.15. The van der Waals surface area contributed by atoms with Crippen molar-refractivity contribution in [3.05, 3.63) is 12.0 Å². The van der Waals surface area contributed by atoms with Crippen LogP contribution in [0.2, 0.25) is 0 Å². The molecule has 0 heterocycles. The van der Waals surface area contributed by atoms with E-state index in [-0.39, 0.29) is 0 Å². The summed E-state index contributed by atoms with van der Waals surface area (Å²) in [5.74, 6) is 1.40. The predicted octanol–water partition coefficient (Wildman–Crippen LogP) is 2.10. The fourth-order valence-electron chi connectivity index (χ4n) is 1.22. The van der Waals surface area contributed by atoms with Crippen molar-refractivity contribution in [3.8, 4) is 0 Å². The van der Waals surface area contributed by atoms with Gasteiger partial charge in [0.05, 0.1) is 6.20 Å². The van der Waals surface area contributed by atoms with Crippen molar-refractivity contribution < 1.29 is 0 Å². The Bertz CT molecular complexity index is 237. The van der Waals surface area contributed by atoms with Gasteiger partial charge in [-0.15, -0.1) is 0 Å². The molecule has 0 bridgehead atoms. The van der Waals surface area contributed by atoms with E-state index in [4.69, 9.17) is 5.73 Å². The highest BCUT2D eigenvalue weighted by atomic mass is 14.9. The van der Waals surface area contributed by atoms with Crippen molar-refractivity contribution in [3.63, 3.8) is 0 Å². The van der Waals surface area contributed by atoms with Gasteiger partial charge in [-0.3, -0.25) is 4.99 Å². The second kappa shape index (κ2) is 4.80. The lowest BCUT2D eigenvalue weighted by Crippen LogP contribution is -1.99. The Morgan fingerprint density at radius 3 is 2.85 bits per heavy atom. The molecule has 2 N–H and O–H groups in total. The van der Waals surface area contributed by atoms with Crippen LogP contribution < -0.4 is 5.73 Å². The monoisotopic (exact) mass is 179 g/mol. The number of nitrogens with zero attached hydrogens (tertiary/aromatic N) is 2. The fourth-order valence-corrected chi connectivity index (χ4v) is 1.22. The third-order valence-corrected chi connectivity index (χ3v) is 2.15. The second-order valence-corrected chi connectivity index (χ2v) is 3.57. The van der Waals surface area contributed by atoms with Crippen molar-refractivity contribution >= 4 is 12.4 Å². The standard InChI is InChI=1S/C10H17N3/c1-8(3-4-9-5-6-9)13-10(11)7-12-2/h7,9H,2-6,11H2,1H3/b10-7-,13-8?. The van der Waals surface area contributed by atoms with Crippen molar-refractivity contribution in [1.29, 1.82) is 0 Å². The summed E-state index contributed by atoms with van der Waals surface area (Å²) in [4.78, 5) is 7.74. The maximum absolute atomic E-state index is 5.55. The molecule has 13 heavy (non-hydrogen) atoms. The van der Waals surface area contributed by atoms with E-state index in [0.717, 1.165) is 18.1 Å². The largest absolute Gasteiger partial charge is 0.382 e. The summed E-state index contributed by atoms with van der Waals surface area (Å²) in [5, 5.41) is 0. The maximum atomic E-state index is 5.55. The lowest BCUT2D eigenvalue weighted by molar-refractivity contribution is 0.756. The Morgan fingerprint density at radius 2 is 2.31 bits per heavy atom. The first kappa shape index (κ1) is 9.96. The minimum atomic E-state index is 0.447. The van der Waals surface area contributed by atoms with Gasteiger partial charge in [-0.1, -0.05) is 12.8 Å². The van der Waals surface area contributed by atoms with Crippen molar-refractivity contribution in [2.24, 2.45) is 21.6 Å². The van der Waals surface area contributed by atoms with Gasteiger partial charge >= 0.3 is 0 Å².